The first-order valence-electron chi connectivity index (χ1n) is 6.21. The molecule has 2 aromatic rings. The number of benzene rings is 2. The summed E-state index contributed by atoms with van der Waals surface area (Å²) in [6.45, 7) is 0. The quantitative estimate of drug-likeness (QED) is 0.889. The van der Waals surface area contributed by atoms with Crippen molar-refractivity contribution < 1.29 is 19.1 Å². The van der Waals surface area contributed by atoms with Crippen LogP contribution >= 0.6 is 0 Å². The van der Waals surface area contributed by atoms with Crippen molar-refractivity contribution >= 4 is 17.3 Å². The Morgan fingerprint density at radius 3 is 2.43 bits per heavy atom. The van der Waals surface area contributed by atoms with Crippen LogP contribution in [0.4, 0.5) is 10.1 Å². The highest BCUT2D eigenvalue weighted by atomic mass is 19.1. The molecule has 0 aromatic heterocycles. The zero-order valence-corrected chi connectivity index (χ0v) is 10.8. The molecule has 4 nitrogen and oxygen atoms in total. The smallest absolute Gasteiger partial charge is 0.210 e. The summed E-state index contributed by atoms with van der Waals surface area (Å²) in [6.07, 6.45) is 1.13. The van der Waals surface area contributed by atoms with Crippen LogP contribution in [0.3, 0.4) is 0 Å². The minimum absolute atomic E-state index is 0.00663. The molecule has 104 valence electrons. The lowest BCUT2D eigenvalue weighted by atomic mass is 9.92. The number of ketones is 2. The van der Waals surface area contributed by atoms with Gasteiger partial charge in [0.15, 0.2) is 5.78 Å². The summed E-state index contributed by atoms with van der Waals surface area (Å²) in [5, 5.41) is 12.5. The first kappa shape index (κ1) is 13.1. The molecule has 0 heterocycles. The SMILES string of the molecule is O=C1C(Nc2ccc(F)cc2)=CC(=O)c2c(O)cccc21. The molecule has 0 atom stereocenters. The van der Waals surface area contributed by atoms with Gasteiger partial charge in [-0.15, -0.1) is 0 Å². The van der Waals surface area contributed by atoms with Gasteiger partial charge in [-0.05, 0) is 36.4 Å². The van der Waals surface area contributed by atoms with E-state index in [1.165, 1.54) is 42.5 Å². The highest BCUT2D eigenvalue weighted by Gasteiger charge is 2.27. The van der Waals surface area contributed by atoms with Crippen molar-refractivity contribution in [3.05, 3.63) is 71.2 Å². The van der Waals surface area contributed by atoms with Crippen LogP contribution in [0, 0.1) is 5.82 Å². The predicted octanol–water partition coefficient (Wildman–Crippen LogP) is 2.91. The summed E-state index contributed by atoms with van der Waals surface area (Å²) in [5.74, 6) is -1.46. The van der Waals surface area contributed by atoms with E-state index < -0.39 is 17.4 Å². The van der Waals surface area contributed by atoms with Crippen LogP contribution in [0.25, 0.3) is 0 Å². The van der Waals surface area contributed by atoms with Crippen molar-refractivity contribution in [2.45, 2.75) is 0 Å². The number of carbonyl (C=O) groups is 2. The van der Waals surface area contributed by atoms with Crippen molar-refractivity contribution in [1.82, 2.24) is 0 Å². The van der Waals surface area contributed by atoms with Gasteiger partial charge in [0.05, 0.1) is 11.3 Å². The van der Waals surface area contributed by atoms with E-state index in [-0.39, 0.29) is 22.6 Å². The first-order chi connectivity index (χ1) is 10.1. The molecule has 5 heteroatoms. The molecule has 1 aliphatic rings. The summed E-state index contributed by atoms with van der Waals surface area (Å²) >= 11 is 0. The lowest BCUT2D eigenvalue weighted by Gasteiger charge is -2.17. The maximum atomic E-state index is 12.9. The fraction of sp³-hybridized carbons (Fsp3) is 0. The third-order valence-electron chi connectivity index (χ3n) is 3.18. The van der Waals surface area contributed by atoms with Crippen molar-refractivity contribution in [2.24, 2.45) is 0 Å². The zero-order chi connectivity index (χ0) is 15.0. The van der Waals surface area contributed by atoms with Crippen LogP contribution in [0.5, 0.6) is 5.75 Å². The molecule has 0 saturated carbocycles. The van der Waals surface area contributed by atoms with Gasteiger partial charge >= 0.3 is 0 Å². The minimum Gasteiger partial charge on any atom is -0.507 e. The molecule has 2 aromatic carbocycles. The van der Waals surface area contributed by atoms with E-state index in [4.69, 9.17) is 0 Å². The fourth-order valence-corrected chi connectivity index (χ4v) is 2.18. The number of fused-ring (bicyclic) bond motifs is 1. The Morgan fingerprint density at radius 1 is 1.00 bits per heavy atom. The van der Waals surface area contributed by atoms with E-state index in [1.807, 2.05) is 0 Å². The standard InChI is InChI=1S/C16H10FNO3/c17-9-4-6-10(7-5-9)18-12-8-14(20)15-11(16(12)21)2-1-3-13(15)19/h1-8,18-19H. The molecule has 0 spiro atoms. The van der Waals surface area contributed by atoms with Crippen LogP contribution in [-0.4, -0.2) is 16.7 Å². The molecule has 2 N–H and O–H groups in total. The molecule has 0 unspecified atom stereocenters. The molecule has 0 fully saturated rings. The van der Waals surface area contributed by atoms with Crippen LogP contribution in [-0.2, 0) is 0 Å². The first-order valence-corrected chi connectivity index (χ1v) is 6.21. The Hall–Kier alpha value is -2.95. The molecule has 0 saturated heterocycles. The molecule has 0 amide bonds. The third kappa shape index (κ3) is 2.29. The third-order valence-corrected chi connectivity index (χ3v) is 3.18. The summed E-state index contributed by atoms with van der Waals surface area (Å²) < 4.78 is 12.9. The maximum Gasteiger partial charge on any atom is 0.210 e. The number of Topliss-reactive ketones (excluding diaryl/α,β-unsaturated/α-hetero) is 1. The Morgan fingerprint density at radius 2 is 1.71 bits per heavy atom. The van der Waals surface area contributed by atoms with E-state index in [1.54, 1.807) is 0 Å². The molecule has 21 heavy (non-hydrogen) atoms. The lowest BCUT2D eigenvalue weighted by molar-refractivity contribution is 0.0983. The second-order valence-corrected chi connectivity index (χ2v) is 4.58. The summed E-state index contributed by atoms with van der Waals surface area (Å²) in [6, 6.07) is 9.76. The fourth-order valence-electron chi connectivity index (χ4n) is 2.18. The van der Waals surface area contributed by atoms with Gasteiger partial charge in [-0.1, -0.05) is 6.07 Å². The summed E-state index contributed by atoms with van der Waals surface area (Å²) in [7, 11) is 0. The molecule has 0 bridgehead atoms. The van der Waals surface area contributed by atoms with E-state index in [0.717, 1.165) is 6.08 Å². The monoisotopic (exact) mass is 283 g/mol. The molecule has 0 aliphatic heterocycles. The highest BCUT2D eigenvalue weighted by molar-refractivity contribution is 6.26. The number of allylic oxidation sites excluding steroid dienone is 2. The van der Waals surface area contributed by atoms with Gasteiger partial charge in [-0.2, -0.15) is 0 Å². The van der Waals surface area contributed by atoms with Gasteiger partial charge in [-0.3, -0.25) is 9.59 Å². The average molecular weight is 283 g/mol. The van der Waals surface area contributed by atoms with E-state index in [9.17, 15) is 19.1 Å². The normalized spacial score (nSPS) is 13.7. The van der Waals surface area contributed by atoms with Crippen LogP contribution < -0.4 is 5.32 Å². The number of nitrogens with one attached hydrogen (secondary N) is 1. The van der Waals surface area contributed by atoms with Crippen LogP contribution in [0.15, 0.2) is 54.2 Å². The van der Waals surface area contributed by atoms with Crippen molar-refractivity contribution in [3.63, 3.8) is 0 Å². The molecule has 3 rings (SSSR count). The average Bonchev–Trinajstić information content (AvgIpc) is 2.46. The van der Waals surface area contributed by atoms with Crippen molar-refractivity contribution in [2.75, 3.05) is 5.32 Å². The summed E-state index contributed by atoms with van der Waals surface area (Å²) in [4.78, 5) is 24.3. The van der Waals surface area contributed by atoms with Crippen LogP contribution in [0.1, 0.15) is 20.7 Å². The Balaban J connectivity index is 1.97. The highest BCUT2D eigenvalue weighted by Crippen LogP contribution is 2.28. The van der Waals surface area contributed by atoms with Gasteiger partial charge < -0.3 is 10.4 Å². The molecule has 0 radical (unpaired) electrons. The topological polar surface area (TPSA) is 66.4 Å². The molecular weight excluding hydrogens is 273 g/mol. The second kappa shape index (κ2) is 4.86. The molecule has 1 aliphatic carbocycles. The number of rotatable bonds is 2. The Labute approximate surface area is 119 Å². The largest absolute Gasteiger partial charge is 0.507 e. The number of phenolic OH excluding ortho intramolecular Hbond substituents is 1. The van der Waals surface area contributed by atoms with Crippen LogP contribution in [0.2, 0.25) is 0 Å². The number of hydrogen-bond donors (Lipinski definition) is 2. The number of aromatic hydroxyl groups is 1. The van der Waals surface area contributed by atoms with Gasteiger partial charge in [0.25, 0.3) is 0 Å². The second-order valence-electron chi connectivity index (χ2n) is 4.58. The summed E-state index contributed by atoms with van der Waals surface area (Å²) in [5.41, 5.74) is 0.733. The minimum atomic E-state index is -0.452. The number of anilines is 1. The number of halogens is 1. The van der Waals surface area contributed by atoms with Gasteiger partial charge in [0.1, 0.15) is 11.6 Å². The van der Waals surface area contributed by atoms with Crippen molar-refractivity contribution in [3.8, 4) is 5.75 Å². The number of hydrogen-bond acceptors (Lipinski definition) is 4. The maximum absolute atomic E-state index is 12.9. The zero-order valence-electron chi connectivity index (χ0n) is 10.8. The lowest BCUT2D eigenvalue weighted by Crippen LogP contribution is -2.21. The number of carbonyl (C=O) groups excluding carboxylic acids is 2. The van der Waals surface area contributed by atoms with Crippen molar-refractivity contribution in [1.29, 1.82) is 0 Å². The predicted molar refractivity (Wildman–Crippen MR) is 74.9 cm³/mol. The molecular formula is C16H10FNO3. The van der Waals surface area contributed by atoms with Gasteiger partial charge in [0, 0.05) is 17.3 Å². The Kier molecular flexibility index (Phi) is 3.02. The van der Waals surface area contributed by atoms with E-state index in [2.05, 4.69) is 5.32 Å². The van der Waals surface area contributed by atoms with Gasteiger partial charge in [-0.25, -0.2) is 4.39 Å². The number of phenols is 1. The van der Waals surface area contributed by atoms with E-state index in [0.29, 0.717) is 5.69 Å². The van der Waals surface area contributed by atoms with Gasteiger partial charge in [0.2, 0.25) is 5.78 Å². The Bertz CT molecular complexity index is 779. The van der Waals surface area contributed by atoms with E-state index >= 15 is 0 Å².